The summed E-state index contributed by atoms with van der Waals surface area (Å²) in [5, 5.41) is 14.5. The first kappa shape index (κ1) is 18.6. The van der Waals surface area contributed by atoms with E-state index in [-0.39, 0.29) is 24.4 Å². The van der Waals surface area contributed by atoms with Crippen molar-refractivity contribution in [3.05, 3.63) is 65.0 Å². The molecule has 1 aliphatic rings. The summed E-state index contributed by atoms with van der Waals surface area (Å²) in [5.74, 6) is -3.23. The Balaban J connectivity index is 1.89. The van der Waals surface area contributed by atoms with Gasteiger partial charge in [-0.3, -0.25) is 14.4 Å². The highest BCUT2D eigenvalue weighted by Crippen LogP contribution is 2.33. The minimum absolute atomic E-state index is 0.0853. The fourth-order valence-corrected chi connectivity index (χ4v) is 3.33. The van der Waals surface area contributed by atoms with E-state index in [4.69, 9.17) is 0 Å². The van der Waals surface area contributed by atoms with Crippen LogP contribution in [0.25, 0.3) is 0 Å². The first-order valence-corrected chi connectivity index (χ1v) is 8.52. The number of benzene rings is 2. The fourth-order valence-electron chi connectivity index (χ4n) is 3.33. The Morgan fingerprint density at radius 1 is 1.30 bits per heavy atom. The highest BCUT2D eigenvalue weighted by Gasteiger charge is 2.32. The van der Waals surface area contributed by atoms with Gasteiger partial charge in [0.15, 0.2) is 0 Å². The molecule has 0 fully saturated rings. The molecule has 2 amide bonds. The topological polar surface area (TPSA) is 95.5 Å². The van der Waals surface area contributed by atoms with Gasteiger partial charge in [-0.25, -0.2) is 4.39 Å². The second-order valence-electron chi connectivity index (χ2n) is 6.55. The summed E-state index contributed by atoms with van der Waals surface area (Å²) in [6.07, 6.45) is -0.371. The second-order valence-corrected chi connectivity index (χ2v) is 6.55. The molecule has 0 aliphatic carbocycles. The third-order valence-corrected chi connectivity index (χ3v) is 4.63. The summed E-state index contributed by atoms with van der Waals surface area (Å²) in [6.45, 7) is 1.84. The number of carboxylic acid groups (broad SMARTS) is 1. The maximum Gasteiger partial charge on any atom is 0.305 e. The van der Waals surface area contributed by atoms with E-state index < -0.39 is 29.7 Å². The zero-order valence-electron chi connectivity index (χ0n) is 14.7. The zero-order chi connectivity index (χ0) is 19.6. The van der Waals surface area contributed by atoms with Crippen LogP contribution in [0.3, 0.4) is 0 Å². The van der Waals surface area contributed by atoms with E-state index in [0.717, 1.165) is 5.56 Å². The number of carboxylic acids is 1. The third kappa shape index (κ3) is 4.13. The smallest absolute Gasteiger partial charge is 0.305 e. The molecule has 3 rings (SSSR count). The first-order chi connectivity index (χ1) is 12.8. The Morgan fingerprint density at radius 3 is 2.74 bits per heavy atom. The van der Waals surface area contributed by atoms with Gasteiger partial charge in [-0.1, -0.05) is 30.3 Å². The van der Waals surface area contributed by atoms with Crippen LogP contribution in [0.2, 0.25) is 0 Å². The summed E-state index contributed by atoms with van der Waals surface area (Å²) >= 11 is 0. The predicted octanol–water partition coefficient (Wildman–Crippen LogP) is 2.89. The quantitative estimate of drug-likeness (QED) is 0.754. The van der Waals surface area contributed by atoms with Crippen LogP contribution in [0.15, 0.2) is 42.5 Å². The number of fused-ring (bicyclic) bond motifs is 1. The molecule has 1 aliphatic heterocycles. The van der Waals surface area contributed by atoms with Gasteiger partial charge >= 0.3 is 5.97 Å². The third-order valence-electron chi connectivity index (χ3n) is 4.63. The van der Waals surface area contributed by atoms with E-state index in [1.165, 1.54) is 18.2 Å². The van der Waals surface area contributed by atoms with Crippen molar-refractivity contribution >= 4 is 23.5 Å². The van der Waals surface area contributed by atoms with Crippen LogP contribution in [0.4, 0.5) is 10.1 Å². The molecule has 6 nitrogen and oxygen atoms in total. The minimum atomic E-state index is -1.05. The van der Waals surface area contributed by atoms with Gasteiger partial charge in [0, 0.05) is 12.1 Å². The Morgan fingerprint density at radius 2 is 2.04 bits per heavy atom. The molecule has 2 atom stereocenters. The zero-order valence-corrected chi connectivity index (χ0v) is 14.7. The number of halogens is 1. The number of nitrogens with one attached hydrogen (secondary N) is 2. The molecule has 0 bridgehead atoms. The van der Waals surface area contributed by atoms with Gasteiger partial charge in [0.2, 0.25) is 11.8 Å². The van der Waals surface area contributed by atoms with Gasteiger partial charge in [-0.15, -0.1) is 0 Å². The van der Waals surface area contributed by atoms with Gasteiger partial charge in [-0.05, 0) is 35.7 Å². The number of rotatable bonds is 5. The molecule has 0 spiro atoms. The maximum absolute atomic E-state index is 13.5. The van der Waals surface area contributed by atoms with Gasteiger partial charge < -0.3 is 15.7 Å². The monoisotopic (exact) mass is 370 g/mol. The lowest BCUT2D eigenvalue weighted by Gasteiger charge is -2.27. The van der Waals surface area contributed by atoms with E-state index in [2.05, 4.69) is 10.6 Å². The van der Waals surface area contributed by atoms with Crippen molar-refractivity contribution < 1.29 is 23.9 Å². The molecule has 0 saturated carbocycles. The van der Waals surface area contributed by atoms with Crippen LogP contribution >= 0.6 is 0 Å². The lowest BCUT2D eigenvalue weighted by atomic mass is 9.89. The molecule has 0 radical (unpaired) electrons. The molecular weight excluding hydrogens is 351 g/mol. The fraction of sp³-hybridized carbons (Fsp3) is 0.250. The average molecular weight is 370 g/mol. The molecule has 3 N–H and O–H groups in total. The SMILES string of the molecule is Cc1ccccc1[C@H](CC(=O)O)NC(=O)[C@@H]1CC(=O)Nc2cc(F)ccc21. The van der Waals surface area contributed by atoms with Crippen molar-refractivity contribution in [1.29, 1.82) is 0 Å². The number of carbonyl (C=O) groups excluding carboxylic acids is 2. The van der Waals surface area contributed by atoms with E-state index in [1.807, 2.05) is 19.1 Å². The molecule has 1 heterocycles. The summed E-state index contributed by atoms with van der Waals surface area (Å²) in [6, 6.07) is 10.3. The summed E-state index contributed by atoms with van der Waals surface area (Å²) in [5.41, 5.74) is 2.32. The number of aryl methyl sites for hydroxylation is 1. The van der Waals surface area contributed by atoms with Crippen LogP contribution in [0, 0.1) is 12.7 Å². The number of anilines is 1. The van der Waals surface area contributed by atoms with Crippen molar-refractivity contribution in [1.82, 2.24) is 5.32 Å². The van der Waals surface area contributed by atoms with Crippen LogP contribution in [-0.2, 0) is 14.4 Å². The van der Waals surface area contributed by atoms with E-state index in [9.17, 15) is 23.9 Å². The number of carbonyl (C=O) groups is 3. The Kier molecular flexibility index (Phi) is 5.21. The largest absolute Gasteiger partial charge is 0.481 e. The van der Waals surface area contributed by atoms with Crippen LogP contribution in [0.5, 0.6) is 0 Å². The van der Waals surface area contributed by atoms with Gasteiger partial charge in [0.25, 0.3) is 0 Å². The molecule has 140 valence electrons. The molecule has 0 unspecified atom stereocenters. The predicted molar refractivity (Wildman–Crippen MR) is 96.7 cm³/mol. The molecular formula is C20H19FN2O4. The van der Waals surface area contributed by atoms with Crippen LogP contribution in [0.1, 0.15) is 41.5 Å². The van der Waals surface area contributed by atoms with E-state index >= 15 is 0 Å². The highest BCUT2D eigenvalue weighted by atomic mass is 19.1. The second kappa shape index (κ2) is 7.57. The van der Waals surface area contributed by atoms with E-state index in [1.54, 1.807) is 12.1 Å². The van der Waals surface area contributed by atoms with Crippen LogP contribution in [-0.4, -0.2) is 22.9 Å². The standard InChI is InChI=1S/C20H19FN2O4/c1-11-4-2-3-5-13(11)17(10-19(25)26)23-20(27)15-9-18(24)22-16-8-12(21)6-7-14(15)16/h2-8,15,17H,9-10H2,1H3,(H,22,24)(H,23,27)(H,25,26)/t15-,17+/m1/s1. The molecule has 0 saturated heterocycles. The number of hydrogen-bond donors (Lipinski definition) is 3. The summed E-state index contributed by atoms with van der Waals surface area (Å²) in [4.78, 5) is 36.1. The molecule has 2 aromatic rings. The lowest BCUT2D eigenvalue weighted by Crippen LogP contribution is -2.38. The molecule has 0 aromatic heterocycles. The Labute approximate surface area is 155 Å². The Hall–Kier alpha value is -3.22. The highest BCUT2D eigenvalue weighted by molar-refractivity contribution is 6.01. The maximum atomic E-state index is 13.5. The number of hydrogen-bond acceptors (Lipinski definition) is 3. The average Bonchev–Trinajstić information content (AvgIpc) is 2.60. The van der Waals surface area contributed by atoms with Crippen molar-refractivity contribution in [2.75, 3.05) is 5.32 Å². The molecule has 7 heteroatoms. The number of amides is 2. The van der Waals surface area contributed by atoms with Crippen LogP contribution < -0.4 is 10.6 Å². The Bertz CT molecular complexity index is 913. The van der Waals surface area contributed by atoms with Crippen molar-refractivity contribution in [2.24, 2.45) is 0 Å². The number of aliphatic carboxylic acids is 1. The lowest BCUT2D eigenvalue weighted by molar-refractivity contribution is -0.138. The minimum Gasteiger partial charge on any atom is -0.481 e. The first-order valence-electron chi connectivity index (χ1n) is 8.52. The van der Waals surface area contributed by atoms with Gasteiger partial charge in [-0.2, -0.15) is 0 Å². The van der Waals surface area contributed by atoms with Gasteiger partial charge in [0.1, 0.15) is 5.82 Å². The van der Waals surface area contributed by atoms with Crippen molar-refractivity contribution in [2.45, 2.75) is 31.7 Å². The molecule has 27 heavy (non-hydrogen) atoms. The van der Waals surface area contributed by atoms with E-state index in [0.29, 0.717) is 11.1 Å². The van der Waals surface area contributed by atoms with Crippen molar-refractivity contribution in [3.8, 4) is 0 Å². The van der Waals surface area contributed by atoms with Gasteiger partial charge in [0.05, 0.1) is 18.4 Å². The summed E-state index contributed by atoms with van der Waals surface area (Å²) < 4.78 is 13.5. The normalized spacial score (nSPS) is 16.8. The molecule has 2 aromatic carbocycles. The summed E-state index contributed by atoms with van der Waals surface area (Å²) in [7, 11) is 0. The van der Waals surface area contributed by atoms with Crippen molar-refractivity contribution in [3.63, 3.8) is 0 Å².